The number of nitrogens with zero attached hydrogens (tertiary/aromatic N) is 1. The first-order valence-corrected chi connectivity index (χ1v) is 6.71. The molecule has 1 N–H and O–H groups in total. The monoisotopic (exact) mass is 246 g/mol. The van der Waals surface area contributed by atoms with E-state index in [1.165, 1.54) is 0 Å². The van der Waals surface area contributed by atoms with E-state index in [1.54, 1.807) is 18.2 Å². The van der Waals surface area contributed by atoms with E-state index in [0.717, 1.165) is 12.8 Å². The fourth-order valence-electron chi connectivity index (χ4n) is 1.26. The van der Waals surface area contributed by atoms with Crippen molar-refractivity contribution in [1.29, 1.82) is 0 Å². The van der Waals surface area contributed by atoms with E-state index < -0.39 is 10.0 Å². The SMILES string of the molecule is O=S(=O)(CC1CC1)Nc1cccc(Cl)n1. The highest BCUT2D eigenvalue weighted by Gasteiger charge is 2.28. The summed E-state index contributed by atoms with van der Waals surface area (Å²) in [5.41, 5.74) is 0. The molecule has 0 amide bonds. The Morgan fingerprint density at radius 3 is 2.80 bits per heavy atom. The topological polar surface area (TPSA) is 59.1 Å². The fourth-order valence-corrected chi connectivity index (χ4v) is 2.89. The highest BCUT2D eigenvalue weighted by molar-refractivity contribution is 7.92. The van der Waals surface area contributed by atoms with Crippen LogP contribution in [0.5, 0.6) is 0 Å². The minimum Gasteiger partial charge on any atom is -0.267 e. The number of pyridine rings is 1. The van der Waals surface area contributed by atoms with Gasteiger partial charge in [0.25, 0.3) is 0 Å². The molecule has 1 aliphatic carbocycles. The zero-order valence-electron chi connectivity index (χ0n) is 7.98. The average Bonchev–Trinajstić information content (AvgIpc) is 2.86. The smallest absolute Gasteiger partial charge is 0.234 e. The molecule has 1 aromatic heterocycles. The lowest BCUT2D eigenvalue weighted by Crippen LogP contribution is -2.18. The summed E-state index contributed by atoms with van der Waals surface area (Å²) in [7, 11) is -3.26. The maximum absolute atomic E-state index is 11.6. The van der Waals surface area contributed by atoms with Crippen LogP contribution in [0.3, 0.4) is 0 Å². The first-order valence-electron chi connectivity index (χ1n) is 4.68. The van der Waals surface area contributed by atoms with Crippen LogP contribution in [-0.2, 0) is 10.0 Å². The Bertz CT molecular complexity index is 457. The molecule has 82 valence electrons. The summed E-state index contributed by atoms with van der Waals surface area (Å²) >= 11 is 5.65. The van der Waals surface area contributed by atoms with Crippen LogP contribution in [0.15, 0.2) is 18.2 Å². The van der Waals surface area contributed by atoms with E-state index in [9.17, 15) is 8.42 Å². The Kier molecular flexibility index (Phi) is 2.84. The Hall–Kier alpha value is -0.810. The first-order chi connectivity index (χ1) is 7.05. The van der Waals surface area contributed by atoms with Crippen molar-refractivity contribution in [1.82, 2.24) is 4.98 Å². The number of aromatic nitrogens is 1. The molecule has 1 aromatic rings. The Morgan fingerprint density at radius 1 is 1.47 bits per heavy atom. The van der Waals surface area contributed by atoms with Gasteiger partial charge in [0.15, 0.2) is 0 Å². The van der Waals surface area contributed by atoms with Crippen LogP contribution < -0.4 is 4.72 Å². The van der Waals surface area contributed by atoms with E-state index in [2.05, 4.69) is 9.71 Å². The molecule has 1 aliphatic rings. The second-order valence-electron chi connectivity index (χ2n) is 3.67. The molecule has 1 saturated carbocycles. The number of halogens is 1. The van der Waals surface area contributed by atoms with E-state index in [4.69, 9.17) is 11.6 Å². The molecule has 0 spiro atoms. The standard InChI is InChI=1S/C9H11ClN2O2S/c10-8-2-1-3-9(11-8)12-15(13,14)6-7-4-5-7/h1-3,7H,4-6H2,(H,11,12). The molecular formula is C9H11ClN2O2S. The van der Waals surface area contributed by atoms with Gasteiger partial charge in [-0.05, 0) is 30.9 Å². The van der Waals surface area contributed by atoms with E-state index in [0.29, 0.717) is 5.92 Å². The molecule has 0 aromatic carbocycles. The van der Waals surface area contributed by atoms with E-state index in [-0.39, 0.29) is 16.7 Å². The van der Waals surface area contributed by atoms with Crippen molar-refractivity contribution in [3.63, 3.8) is 0 Å². The summed E-state index contributed by atoms with van der Waals surface area (Å²) < 4.78 is 25.5. The van der Waals surface area contributed by atoms with Crippen molar-refractivity contribution in [2.75, 3.05) is 10.5 Å². The lowest BCUT2D eigenvalue weighted by molar-refractivity contribution is 0.597. The minimum absolute atomic E-state index is 0.182. The Balaban J connectivity index is 2.06. The summed E-state index contributed by atoms with van der Waals surface area (Å²) in [6.07, 6.45) is 2.01. The van der Waals surface area contributed by atoms with Gasteiger partial charge in [-0.3, -0.25) is 4.72 Å². The van der Waals surface area contributed by atoms with Crippen LogP contribution in [-0.4, -0.2) is 19.2 Å². The number of hydrogen-bond donors (Lipinski definition) is 1. The molecule has 0 bridgehead atoms. The predicted molar refractivity (Wildman–Crippen MR) is 59.4 cm³/mol. The fraction of sp³-hybridized carbons (Fsp3) is 0.444. The lowest BCUT2D eigenvalue weighted by atomic mass is 10.5. The molecule has 0 unspecified atom stereocenters. The molecule has 0 aliphatic heterocycles. The van der Waals surface area contributed by atoms with Gasteiger partial charge in [-0.15, -0.1) is 0 Å². The number of sulfonamides is 1. The van der Waals surface area contributed by atoms with Gasteiger partial charge in [-0.2, -0.15) is 0 Å². The zero-order chi connectivity index (χ0) is 10.9. The summed E-state index contributed by atoms with van der Waals surface area (Å²) in [6, 6.07) is 4.83. The summed E-state index contributed by atoms with van der Waals surface area (Å²) in [5.74, 6) is 0.783. The third-order valence-electron chi connectivity index (χ3n) is 2.13. The molecule has 1 heterocycles. The molecule has 0 saturated heterocycles. The van der Waals surface area contributed by atoms with Crippen molar-refractivity contribution in [2.24, 2.45) is 5.92 Å². The predicted octanol–water partition coefficient (Wildman–Crippen LogP) is 1.89. The van der Waals surface area contributed by atoms with Crippen LogP contribution in [0.2, 0.25) is 5.15 Å². The van der Waals surface area contributed by atoms with Crippen LogP contribution in [0.1, 0.15) is 12.8 Å². The number of nitrogens with one attached hydrogen (secondary N) is 1. The molecule has 4 nitrogen and oxygen atoms in total. The first kappa shape index (κ1) is 10.7. The Labute approximate surface area is 93.7 Å². The number of anilines is 1. The molecule has 15 heavy (non-hydrogen) atoms. The third-order valence-corrected chi connectivity index (χ3v) is 3.77. The van der Waals surface area contributed by atoms with Crippen molar-refractivity contribution >= 4 is 27.4 Å². The molecule has 0 radical (unpaired) electrons. The lowest BCUT2D eigenvalue weighted by Gasteiger charge is -2.06. The largest absolute Gasteiger partial charge is 0.267 e. The second kappa shape index (κ2) is 3.98. The van der Waals surface area contributed by atoms with E-state index >= 15 is 0 Å². The van der Waals surface area contributed by atoms with Gasteiger partial charge in [0.2, 0.25) is 10.0 Å². The summed E-state index contributed by atoms with van der Waals surface area (Å²) in [4.78, 5) is 3.86. The molecule has 2 rings (SSSR count). The van der Waals surface area contributed by atoms with Gasteiger partial charge < -0.3 is 0 Å². The molecule has 0 atom stereocenters. The zero-order valence-corrected chi connectivity index (χ0v) is 9.55. The summed E-state index contributed by atoms with van der Waals surface area (Å²) in [5, 5.41) is 0.279. The van der Waals surface area contributed by atoms with Crippen molar-refractivity contribution in [2.45, 2.75) is 12.8 Å². The van der Waals surface area contributed by atoms with Gasteiger partial charge in [0.05, 0.1) is 5.75 Å². The normalized spacial score (nSPS) is 16.3. The van der Waals surface area contributed by atoms with Gasteiger partial charge in [-0.25, -0.2) is 13.4 Å². The van der Waals surface area contributed by atoms with E-state index in [1.807, 2.05) is 0 Å². The highest BCUT2D eigenvalue weighted by Crippen LogP contribution is 2.30. The van der Waals surface area contributed by atoms with Gasteiger partial charge in [0.1, 0.15) is 11.0 Å². The molecule has 6 heteroatoms. The van der Waals surface area contributed by atoms with Gasteiger partial charge >= 0.3 is 0 Å². The van der Waals surface area contributed by atoms with Gasteiger partial charge in [0, 0.05) is 0 Å². The van der Waals surface area contributed by atoms with Crippen molar-refractivity contribution in [3.8, 4) is 0 Å². The maximum Gasteiger partial charge on any atom is 0.234 e. The number of hydrogen-bond acceptors (Lipinski definition) is 3. The quantitative estimate of drug-likeness (QED) is 0.826. The Morgan fingerprint density at radius 2 is 2.20 bits per heavy atom. The molecule has 1 fully saturated rings. The van der Waals surface area contributed by atoms with Gasteiger partial charge in [-0.1, -0.05) is 17.7 Å². The van der Waals surface area contributed by atoms with Crippen molar-refractivity contribution < 1.29 is 8.42 Å². The van der Waals surface area contributed by atoms with Crippen LogP contribution in [0.25, 0.3) is 0 Å². The average molecular weight is 247 g/mol. The highest BCUT2D eigenvalue weighted by atomic mass is 35.5. The summed E-state index contributed by atoms with van der Waals surface area (Å²) in [6.45, 7) is 0. The minimum atomic E-state index is -3.26. The molecular weight excluding hydrogens is 236 g/mol. The van der Waals surface area contributed by atoms with Crippen molar-refractivity contribution in [3.05, 3.63) is 23.4 Å². The second-order valence-corrected chi connectivity index (χ2v) is 5.83. The third kappa shape index (κ3) is 3.35. The van der Waals surface area contributed by atoms with Crippen LogP contribution >= 0.6 is 11.6 Å². The number of rotatable bonds is 4. The van der Waals surface area contributed by atoms with Crippen LogP contribution in [0.4, 0.5) is 5.82 Å². The maximum atomic E-state index is 11.6. The van der Waals surface area contributed by atoms with Crippen LogP contribution in [0, 0.1) is 5.92 Å².